The molecule has 9 heteroatoms. The molecular weight excluding hydrogens is 400 g/mol. The first-order chi connectivity index (χ1) is 13.9. The number of carbonyl (C=O) groups excluding carboxylic acids is 2. The summed E-state index contributed by atoms with van der Waals surface area (Å²) in [6.45, 7) is 3.32. The van der Waals surface area contributed by atoms with Gasteiger partial charge in [0.05, 0.1) is 6.61 Å². The van der Waals surface area contributed by atoms with Gasteiger partial charge in [0, 0.05) is 11.1 Å². The van der Waals surface area contributed by atoms with Gasteiger partial charge in [-0.1, -0.05) is 11.6 Å². The van der Waals surface area contributed by atoms with Crippen molar-refractivity contribution in [1.82, 2.24) is 10.3 Å². The molecule has 152 valence electrons. The van der Waals surface area contributed by atoms with Crippen LogP contribution in [0.3, 0.4) is 0 Å². The van der Waals surface area contributed by atoms with Crippen molar-refractivity contribution in [3.63, 3.8) is 0 Å². The van der Waals surface area contributed by atoms with Crippen molar-refractivity contribution in [2.45, 2.75) is 20.0 Å². The summed E-state index contributed by atoms with van der Waals surface area (Å²) in [6, 6.07) is 11.7. The van der Waals surface area contributed by atoms with Crippen LogP contribution in [0.2, 0.25) is 5.02 Å². The van der Waals surface area contributed by atoms with E-state index in [2.05, 4.69) is 10.3 Å². The van der Waals surface area contributed by atoms with Crippen LogP contribution in [0.1, 0.15) is 13.8 Å². The van der Waals surface area contributed by atoms with Gasteiger partial charge < -0.3 is 23.9 Å². The SMILES string of the molecule is CCOC(=O)CNC(=O)[C@@H](C)Oc1ccc(Oc2nc3ccc(Cl)cc3o2)cc1. The number of nitrogens with zero attached hydrogens (tertiary/aromatic N) is 1. The van der Waals surface area contributed by atoms with Crippen LogP contribution >= 0.6 is 11.6 Å². The summed E-state index contributed by atoms with van der Waals surface area (Å²) in [5, 5.41) is 3.00. The third-order valence-electron chi connectivity index (χ3n) is 3.75. The highest BCUT2D eigenvalue weighted by Gasteiger charge is 2.16. The average molecular weight is 419 g/mol. The van der Waals surface area contributed by atoms with Gasteiger partial charge in [-0.3, -0.25) is 9.59 Å². The van der Waals surface area contributed by atoms with Gasteiger partial charge in [0.25, 0.3) is 5.91 Å². The lowest BCUT2D eigenvalue weighted by molar-refractivity contribution is -0.144. The molecular formula is C20H19ClN2O6. The Bertz CT molecular complexity index is 1000. The minimum absolute atomic E-state index is 0.0858. The number of hydrogen-bond acceptors (Lipinski definition) is 7. The molecule has 2 aromatic carbocycles. The minimum Gasteiger partial charge on any atom is -0.481 e. The molecule has 1 N–H and O–H groups in total. The summed E-state index contributed by atoms with van der Waals surface area (Å²) < 4.78 is 21.4. The van der Waals surface area contributed by atoms with Crippen LogP contribution in [-0.2, 0) is 14.3 Å². The zero-order valence-electron chi connectivity index (χ0n) is 15.8. The summed E-state index contributed by atoms with van der Waals surface area (Å²) in [5.74, 6) is 0.00874. The minimum atomic E-state index is -0.794. The molecule has 0 aliphatic rings. The van der Waals surface area contributed by atoms with Gasteiger partial charge in [-0.25, -0.2) is 0 Å². The summed E-state index contributed by atoms with van der Waals surface area (Å²) in [7, 11) is 0. The van der Waals surface area contributed by atoms with Crippen molar-refractivity contribution in [2.24, 2.45) is 0 Å². The third kappa shape index (κ3) is 5.61. The van der Waals surface area contributed by atoms with Crippen LogP contribution in [0.4, 0.5) is 0 Å². The maximum absolute atomic E-state index is 12.0. The highest BCUT2D eigenvalue weighted by Crippen LogP contribution is 2.28. The number of ether oxygens (including phenoxy) is 3. The van der Waals surface area contributed by atoms with E-state index >= 15 is 0 Å². The summed E-state index contributed by atoms with van der Waals surface area (Å²) in [4.78, 5) is 27.5. The number of benzene rings is 2. The number of oxazole rings is 1. The molecule has 1 amide bonds. The fraction of sp³-hybridized carbons (Fsp3) is 0.250. The van der Waals surface area contributed by atoms with E-state index in [0.717, 1.165) is 0 Å². The van der Waals surface area contributed by atoms with Gasteiger partial charge in [0.1, 0.15) is 23.6 Å². The molecule has 1 heterocycles. The van der Waals surface area contributed by atoms with Gasteiger partial charge in [-0.05, 0) is 50.2 Å². The van der Waals surface area contributed by atoms with Crippen molar-refractivity contribution in [3.8, 4) is 17.6 Å². The van der Waals surface area contributed by atoms with Crippen LogP contribution in [0.15, 0.2) is 46.9 Å². The van der Waals surface area contributed by atoms with Crippen molar-refractivity contribution < 1.29 is 28.2 Å². The topological polar surface area (TPSA) is 99.9 Å². The van der Waals surface area contributed by atoms with Gasteiger partial charge >= 0.3 is 12.0 Å². The van der Waals surface area contributed by atoms with Crippen LogP contribution in [0.25, 0.3) is 11.1 Å². The highest BCUT2D eigenvalue weighted by atomic mass is 35.5. The first-order valence-corrected chi connectivity index (χ1v) is 9.26. The predicted molar refractivity (Wildman–Crippen MR) is 105 cm³/mol. The predicted octanol–water partition coefficient (Wildman–Crippen LogP) is 3.72. The molecule has 0 saturated heterocycles. The molecule has 0 radical (unpaired) electrons. The quantitative estimate of drug-likeness (QED) is 0.556. The second kappa shape index (κ2) is 9.29. The van der Waals surface area contributed by atoms with Crippen molar-refractivity contribution >= 4 is 34.6 Å². The molecule has 0 bridgehead atoms. The molecule has 0 aliphatic carbocycles. The Balaban J connectivity index is 1.55. The Morgan fingerprint density at radius 2 is 1.90 bits per heavy atom. The smallest absolute Gasteiger partial charge is 0.400 e. The van der Waals surface area contributed by atoms with Crippen LogP contribution in [-0.4, -0.2) is 36.1 Å². The second-order valence-corrected chi connectivity index (χ2v) is 6.38. The van der Waals surface area contributed by atoms with E-state index in [9.17, 15) is 9.59 Å². The number of aromatic nitrogens is 1. The second-order valence-electron chi connectivity index (χ2n) is 5.95. The van der Waals surface area contributed by atoms with Gasteiger partial charge in [-0.2, -0.15) is 4.98 Å². The number of amides is 1. The number of esters is 1. The lowest BCUT2D eigenvalue weighted by Gasteiger charge is -2.14. The van der Waals surface area contributed by atoms with Crippen LogP contribution in [0.5, 0.6) is 17.6 Å². The maximum Gasteiger partial charge on any atom is 0.400 e. The Hall–Kier alpha value is -3.26. The maximum atomic E-state index is 12.0. The van der Waals surface area contributed by atoms with E-state index in [1.54, 1.807) is 56.3 Å². The zero-order chi connectivity index (χ0) is 20.8. The molecule has 1 atom stereocenters. The van der Waals surface area contributed by atoms with E-state index in [1.165, 1.54) is 0 Å². The molecule has 29 heavy (non-hydrogen) atoms. The van der Waals surface area contributed by atoms with Gasteiger partial charge in [0.15, 0.2) is 11.7 Å². The van der Waals surface area contributed by atoms with Crippen LogP contribution in [0, 0.1) is 0 Å². The van der Waals surface area contributed by atoms with E-state index < -0.39 is 18.0 Å². The molecule has 1 aromatic heterocycles. The molecule has 0 fully saturated rings. The molecule has 3 aromatic rings. The zero-order valence-corrected chi connectivity index (χ0v) is 16.6. The van der Waals surface area contributed by atoms with Crippen molar-refractivity contribution in [3.05, 3.63) is 47.5 Å². The standard InChI is InChI=1S/C20H19ClN2O6/c1-3-26-18(24)11-22-19(25)12(2)27-14-5-7-15(8-6-14)28-20-23-16-9-4-13(21)10-17(16)29-20/h4-10,12H,3,11H2,1-2H3,(H,22,25)/t12-/m1/s1. The summed E-state index contributed by atoms with van der Waals surface area (Å²) in [5.41, 5.74) is 1.15. The van der Waals surface area contributed by atoms with E-state index in [0.29, 0.717) is 27.6 Å². The lowest BCUT2D eigenvalue weighted by Crippen LogP contribution is -2.39. The molecule has 8 nitrogen and oxygen atoms in total. The Labute approximate surface area is 171 Å². The highest BCUT2D eigenvalue weighted by molar-refractivity contribution is 6.31. The van der Waals surface area contributed by atoms with E-state index in [1.807, 2.05) is 0 Å². The summed E-state index contributed by atoms with van der Waals surface area (Å²) in [6.07, 6.45) is -0.708. The Kier molecular flexibility index (Phi) is 6.56. The number of rotatable bonds is 8. The van der Waals surface area contributed by atoms with E-state index in [4.69, 9.17) is 30.2 Å². The van der Waals surface area contributed by atoms with Gasteiger partial charge in [-0.15, -0.1) is 0 Å². The van der Waals surface area contributed by atoms with Crippen LogP contribution < -0.4 is 14.8 Å². The van der Waals surface area contributed by atoms with Crippen molar-refractivity contribution in [2.75, 3.05) is 13.2 Å². The molecule has 0 spiro atoms. The summed E-state index contributed by atoms with van der Waals surface area (Å²) >= 11 is 5.92. The number of carbonyl (C=O) groups is 2. The molecule has 0 aliphatic heterocycles. The number of hydrogen-bond donors (Lipinski definition) is 1. The Morgan fingerprint density at radius 3 is 2.62 bits per heavy atom. The average Bonchev–Trinajstić information content (AvgIpc) is 3.09. The molecule has 0 unspecified atom stereocenters. The fourth-order valence-electron chi connectivity index (χ4n) is 2.38. The van der Waals surface area contributed by atoms with Crippen molar-refractivity contribution in [1.29, 1.82) is 0 Å². The number of nitrogens with one attached hydrogen (secondary N) is 1. The third-order valence-corrected chi connectivity index (χ3v) is 3.99. The first-order valence-electron chi connectivity index (χ1n) is 8.88. The fourth-order valence-corrected chi connectivity index (χ4v) is 2.54. The number of fused-ring (bicyclic) bond motifs is 1. The molecule has 0 saturated carbocycles. The van der Waals surface area contributed by atoms with Gasteiger partial charge in [0.2, 0.25) is 0 Å². The monoisotopic (exact) mass is 418 g/mol. The van der Waals surface area contributed by atoms with E-state index in [-0.39, 0.29) is 19.2 Å². The first kappa shape index (κ1) is 20.5. The largest absolute Gasteiger partial charge is 0.481 e. The number of halogens is 1. The Morgan fingerprint density at radius 1 is 1.17 bits per heavy atom. The lowest BCUT2D eigenvalue weighted by atomic mass is 10.3. The normalized spacial score (nSPS) is 11.7. The molecule has 3 rings (SSSR count).